The van der Waals surface area contributed by atoms with E-state index >= 15 is 0 Å². The van der Waals surface area contributed by atoms with E-state index in [-0.39, 0.29) is 0 Å². The molecule has 1 aromatic rings. The van der Waals surface area contributed by atoms with Crippen LogP contribution in [0.25, 0.3) is 0 Å². The number of nitrogens with one attached hydrogen (secondary N) is 2. The maximum absolute atomic E-state index is 3.67. The molecule has 1 fully saturated rings. The molecule has 90 valence electrons. The molecular formula is C13H22N2S. The molecule has 1 aromatic heterocycles. The zero-order valence-electron chi connectivity index (χ0n) is 10.0. The third-order valence-electron chi connectivity index (χ3n) is 3.34. The van der Waals surface area contributed by atoms with E-state index in [2.05, 4.69) is 34.4 Å². The lowest BCUT2D eigenvalue weighted by Crippen LogP contribution is -2.37. The quantitative estimate of drug-likeness (QED) is 0.822. The van der Waals surface area contributed by atoms with Gasteiger partial charge in [0.2, 0.25) is 0 Å². The minimum Gasteiger partial charge on any atom is -0.317 e. The highest BCUT2D eigenvalue weighted by molar-refractivity contribution is 7.07. The molecule has 1 saturated heterocycles. The molecule has 1 aliphatic heterocycles. The van der Waals surface area contributed by atoms with Crippen LogP contribution in [0.15, 0.2) is 16.8 Å². The van der Waals surface area contributed by atoms with Crippen LogP contribution in [0.1, 0.15) is 25.3 Å². The van der Waals surface area contributed by atoms with E-state index in [4.69, 9.17) is 0 Å². The van der Waals surface area contributed by atoms with Gasteiger partial charge in [0, 0.05) is 6.04 Å². The summed E-state index contributed by atoms with van der Waals surface area (Å²) in [5, 5.41) is 11.5. The molecule has 0 aliphatic carbocycles. The minimum atomic E-state index is 0.601. The van der Waals surface area contributed by atoms with E-state index in [9.17, 15) is 0 Å². The van der Waals surface area contributed by atoms with Crippen LogP contribution in [-0.2, 0) is 6.42 Å². The normalized spacial score (nSPS) is 19.8. The van der Waals surface area contributed by atoms with Crippen molar-refractivity contribution < 1.29 is 0 Å². The fraction of sp³-hybridized carbons (Fsp3) is 0.692. The molecule has 0 spiro atoms. The van der Waals surface area contributed by atoms with Gasteiger partial charge in [0.1, 0.15) is 0 Å². The highest BCUT2D eigenvalue weighted by Crippen LogP contribution is 2.12. The third-order valence-corrected chi connectivity index (χ3v) is 4.07. The second-order valence-corrected chi connectivity index (χ2v) is 5.62. The first kappa shape index (κ1) is 12.1. The van der Waals surface area contributed by atoms with Crippen LogP contribution < -0.4 is 10.6 Å². The van der Waals surface area contributed by atoms with Gasteiger partial charge in [0.25, 0.3) is 0 Å². The molecule has 2 rings (SSSR count). The zero-order chi connectivity index (χ0) is 11.2. The lowest BCUT2D eigenvalue weighted by atomic mass is 9.97. The van der Waals surface area contributed by atoms with Crippen molar-refractivity contribution in [3.05, 3.63) is 22.4 Å². The topological polar surface area (TPSA) is 24.1 Å². The molecule has 0 saturated carbocycles. The highest BCUT2D eigenvalue weighted by atomic mass is 32.1. The predicted molar refractivity (Wildman–Crippen MR) is 71.1 cm³/mol. The molecule has 0 aromatic carbocycles. The van der Waals surface area contributed by atoms with Gasteiger partial charge >= 0.3 is 0 Å². The zero-order valence-corrected chi connectivity index (χ0v) is 10.9. The van der Waals surface area contributed by atoms with Crippen molar-refractivity contribution in [2.75, 3.05) is 19.6 Å². The van der Waals surface area contributed by atoms with E-state index in [1.165, 1.54) is 38.0 Å². The minimum absolute atomic E-state index is 0.601. The fourth-order valence-electron chi connectivity index (χ4n) is 2.29. The van der Waals surface area contributed by atoms with E-state index in [0.717, 1.165) is 12.3 Å². The molecule has 1 atom stereocenters. The van der Waals surface area contributed by atoms with Crippen LogP contribution >= 0.6 is 11.3 Å². The predicted octanol–water partition coefficient (Wildman–Crippen LogP) is 2.27. The summed E-state index contributed by atoms with van der Waals surface area (Å²) in [6.45, 7) is 5.88. The number of rotatable bonds is 5. The largest absolute Gasteiger partial charge is 0.317 e. The molecule has 1 aliphatic rings. The van der Waals surface area contributed by atoms with Gasteiger partial charge in [-0.25, -0.2) is 0 Å². The van der Waals surface area contributed by atoms with E-state index in [1.54, 1.807) is 11.3 Å². The molecular weight excluding hydrogens is 216 g/mol. The Hall–Kier alpha value is -0.380. The Balaban J connectivity index is 1.65. The van der Waals surface area contributed by atoms with Crippen molar-refractivity contribution >= 4 is 11.3 Å². The monoisotopic (exact) mass is 238 g/mol. The Kier molecular flexibility index (Phi) is 4.82. The van der Waals surface area contributed by atoms with Crippen molar-refractivity contribution in [3.63, 3.8) is 0 Å². The van der Waals surface area contributed by atoms with Crippen LogP contribution in [0.5, 0.6) is 0 Å². The van der Waals surface area contributed by atoms with Crippen molar-refractivity contribution in [1.29, 1.82) is 0 Å². The summed E-state index contributed by atoms with van der Waals surface area (Å²) in [5.41, 5.74) is 1.47. The number of piperidine rings is 1. The Morgan fingerprint density at radius 1 is 1.50 bits per heavy atom. The summed E-state index contributed by atoms with van der Waals surface area (Å²) in [7, 11) is 0. The first-order valence-electron chi connectivity index (χ1n) is 6.30. The second kappa shape index (κ2) is 6.38. The van der Waals surface area contributed by atoms with Gasteiger partial charge in [-0.2, -0.15) is 11.3 Å². The van der Waals surface area contributed by atoms with Gasteiger partial charge in [-0.3, -0.25) is 0 Å². The van der Waals surface area contributed by atoms with Gasteiger partial charge in [-0.1, -0.05) is 0 Å². The standard InChI is InChI=1S/C13H22N2S/c1-11(8-13-4-7-16-10-13)15-9-12-2-5-14-6-3-12/h4,7,10-12,14-15H,2-3,5-6,8-9H2,1H3. The molecule has 3 heteroatoms. The van der Waals surface area contributed by atoms with E-state index < -0.39 is 0 Å². The number of thiophene rings is 1. The average molecular weight is 238 g/mol. The van der Waals surface area contributed by atoms with Gasteiger partial charge in [0.05, 0.1) is 0 Å². The first-order chi connectivity index (χ1) is 7.84. The summed E-state index contributed by atoms with van der Waals surface area (Å²) in [6, 6.07) is 2.83. The maximum Gasteiger partial charge on any atom is 0.00795 e. The Bertz CT molecular complexity index is 278. The smallest absolute Gasteiger partial charge is 0.00795 e. The Morgan fingerprint density at radius 2 is 2.31 bits per heavy atom. The van der Waals surface area contributed by atoms with Crippen LogP contribution in [0, 0.1) is 5.92 Å². The summed E-state index contributed by atoms with van der Waals surface area (Å²) >= 11 is 1.79. The maximum atomic E-state index is 3.67. The Morgan fingerprint density at radius 3 is 3.00 bits per heavy atom. The average Bonchev–Trinajstić information content (AvgIpc) is 2.81. The van der Waals surface area contributed by atoms with Crippen LogP contribution in [0.2, 0.25) is 0 Å². The SMILES string of the molecule is CC(Cc1ccsc1)NCC1CCNCC1. The Labute approximate surface area is 102 Å². The van der Waals surface area contributed by atoms with Crippen LogP contribution in [0.4, 0.5) is 0 Å². The van der Waals surface area contributed by atoms with Crippen molar-refractivity contribution in [2.24, 2.45) is 5.92 Å². The third kappa shape index (κ3) is 3.89. The van der Waals surface area contributed by atoms with Gasteiger partial charge in [0.15, 0.2) is 0 Å². The number of hydrogen-bond donors (Lipinski definition) is 2. The molecule has 16 heavy (non-hydrogen) atoms. The second-order valence-electron chi connectivity index (χ2n) is 4.84. The van der Waals surface area contributed by atoms with Gasteiger partial charge in [-0.15, -0.1) is 0 Å². The summed E-state index contributed by atoms with van der Waals surface area (Å²) in [4.78, 5) is 0. The first-order valence-corrected chi connectivity index (χ1v) is 7.24. The van der Waals surface area contributed by atoms with Crippen LogP contribution in [-0.4, -0.2) is 25.7 Å². The van der Waals surface area contributed by atoms with Crippen LogP contribution in [0.3, 0.4) is 0 Å². The fourth-order valence-corrected chi connectivity index (χ4v) is 2.97. The van der Waals surface area contributed by atoms with Gasteiger partial charge in [-0.05, 0) is 74.1 Å². The summed E-state index contributed by atoms with van der Waals surface area (Å²) in [5.74, 6) is 0.881. The molecule has 0 bridgehead atoms. The highest BCUT2D eigenvalue weighted by Gasteiger charge is 2.13. The van der Waals surface area contributed by atoms with E-state index in [0.29, 0.717) is 6.04 Å². The molecule has 0 amide bonds. The van der Waals surface area contributed by atoms with Gasteiger partial charge < -0.3 is 10.6 Å². The van der Waals surface area contributed by atoms with Crippen molar-refractivity contribution in [1.82, 2.24) is 10.6 Å². The molecule has 2 nitrogen and oxygen atoms in total. The molecule has 1 unspecified atom stereocenters. The lowest BCUT2D eigenvalue weighted by molar-refractivity contribution is 0.343. The number of hydrogen-bond acceptors (Lipinski definition) is 3. The molecule has 2 heterocycles. The lowest BCUT2D eigenvalue weighted by Gasteiger charge is -2.24. The molecule has 2 N–H and O–H groups in total. The summed E-state index contributed by atoms with van der Waals surface area (Å²) in [6.07, 6.45) is 3.82. The van der Waals surface area contributed by atoms with Crippen molar-refractivity contribution in [3.8, 4) is 0 Å². The summed E-state index contributed by atoms with van der Waals surface area (Å²) < 4.78 is 0. The van der Waals surface area contributed by atoms with E-state index in [1.807, 2.05) is 0 Å². The molecule has 0 radical (unpaired) electrons. The van der Waals surface area contributed by atoms with Crippen molar-refractivity contribution in [2.45, 2.75) is 32.2 Å².